The smallest absolute Gasteiger partial charge is 0.305 e. The molecule has 0 amide bonds. The molecule has 1 atom stereocenters. The molecule has 3 N–H and O–H groups in total. The molecule has 1 fully saturated rings. The molecule has 21 heavy (non-hydrogen) atoms. The summed E-state index contributed by atoms with van der Waals surface area (Å²) >= 11 is 1.94. The number of nitrogens with two attached hydrogens (primary N) is 1. The Morgan fingerprint density at radius 2 is 2.14 bits per heavy atom. The van der Waals surface area contributed by atoms with E-state index in [9.17, 15) is 4.79 Å². The number of methoxy groups -OCH3 is 1. The Hall–Kier alpha value is -1.40. The van der Waals surface area contributed by atoms with Crippen molar-refractivity contribution >= 4 is 17.7 Å². The van der Waals surface area contributed by atoms with Gasteiger partial charge in [0, 0.05) is 6.04 Å². The normalized spacial score (nSPS) is 17.2. The van der Waals surface area contributed by atoms with Crippen LogP contribution in [0.25, 0.3) is 0 Å². The van der Waals surface area contributed by atoms with Gasteiger partial charge in [-0.05, 0) is 42.0 Å². The van der Waals surface area contributed by atoms with Gasteiger partial charge >= 0.3 is 5.97 Å². The maximum Gasteiger partial charge on any atom is 0.305 e. The fourth-order valence-electron chi connectivity index (χ4n) is 2.30. The van der Waals surface area contributed by atoms with Crippen LogP contribution in [0.4, 0.5) is 0 Å². The Bertz CT molecular complexity index is 489. The van der Waals surface area contributed by atoms with Crippen molar-refractivity contribution in [1.82, 2.24) is 0 Å². The zero-order valence-electron chi connectivity index (χ0n) is 12.1. The molecule has 0 radical (unpaired) electrons. The van der Waals surface area contributed by atoms with Crippen LogP contribution in [0.5, 0.6) is 11.5 Å². The molecule has 1 heterocycles. The van der Waals surface area contributed by atoms with Crippen LogP contribution in [0.1, 0.15) is 30.9 Å². The summed E-state index contributed by atoms with van der Waals surface area (Å²) in [6, 6.07) is 4.83. The van der Waals surface area contributed by atoms with E-state index < -0.39 is 12.0 Å². The highest BCUT2D eigenvalue weighted by molar-refractivity contribution is 7.99. The average Bonchev–Trinajstić information content (AvgIpc) is 2.47. The van der Waals surface area contributed by atoms with Crippen LogP contribution in [0.15, 0.2) is 18.2 Å². The standard InChI is InChI=1S/C15H21NO4S/c1-19-13-3-2-10(12(16)9-15(17)18)8-14(13)20-11-4-6-21-7-5-11/h2-3,8,11-12H,4-7,9,16H2,1H3,(H,17,18). The summed E-state index contributed by atoms with van der Waals surface area (Å²) in [5.74, 6) is 2.59. The van der Waals surface area contributed by atoms with Crippen molar-refractivity contribution in [2.45, 2.75) is 31.4 Å². The lowest BCUT2D eigenvalue weighted by Crippen LogP contribution is -2.22. The molecule has 1 unspecified atom stereocenters. The molecule has 0 saturated carbocycles. The number of carbonyl (C=O) groups is 1. The maximum absolute atomic E-state index is 10.8. The lowest BCUT2D eigenvalue weighted by molar-refractivity contribution is -0.137. The summed E-state index contributed by atoms with van der Waals surface area (Å²) in [5.41, 5.74) is 6.66. The van der Waals surface area contributed by atoms with Crippen LogP contribution < -0.4 is 15.2 Å². The van der Waals surface area contributed by atoms with Gasteiger partial charge in [0.15, 0.2) is 11.5 Å². The molecular formula is C15H21NO4S. The third-order valence-corrected chi connectivity index (χ3v) is 4.52. The van der Waals surface area contributed by atoms with E-state index in [1.54, 1.807) is 25.3 Å². The number of thioether (sulfide) groups is 1. The third kappa shape index (κ3) is 4.54. The lowest BCUT2D eigenvalue weighted by Gasteiger charge is -2.24. The van der Waals surface area contributed by atoms with Gasteiger partial charge in [0.2, 0.25) is 0 Å². The highest BCUT2D eigenvalue weighted by Crippen LogP contribution is 2.33. The van der Waals surface area contributed by atoms with Crippen LogP contribution in [0.2, 0.25) is 0 Å². The number of carboxylic acids is 1. The van der Waals surface area contributed by atoms with E-state index in [1.807, 2.05) is 11.8 Å². The summed E-state index contributed by atoms with van der Waals surface area (Å²) < 4.78 is 11.3. The third-order valence-electron chi connectivity index (χ3n) is 3.47. The summed E-state index contributed by atoms with van der Waals surface area (Å²) in [7, 11) is 1.59. The van der Waals surface area contributed by atoms with Gasteiger partial charge in [0.25, 0.3) is 0 Å². The molecule has 0 bridgehead atoms. The van der Waals surface area contributed by atoms with E-state index in [1.165, 1.54) is 0 Å². The number of hydrogen-bond acceptors (Lipinski definition) is 5. The average molecular weight is 311 g/mol. The van der Waals surface area contributed by atoms with Crippen LogP contribution in [0.3, 0.4) is 0 Å². The number of hydrogen-bond donors (Lipinski definition) is 2. The Morgan fingerprint density at radius 3 is 2.76 bits per heavy atom. The minimum absolute atomic E-state index is 0.105. The SMILES string of the molecule is COc1ccc(C(N)CC(=O)O)cc1OC1CCSCC1. The zero-order chi connectivity index (χ0) is 15.2. The molecule has 5 nitrogen and oxygen atoms in total. The lowest BCUT2D eigenvalue weighted by atomic mass is 10.0. The number of ether oxygens (including phenoxy) is 2. The van der Waals surface area contributed by atoms with Gasteiger partial charge in [-0.15, -0.1) is 0 Å². The molecule has 116 valence electrons. The van der Waals surface area contributed by atoms with E-state index in [0.29, 0.717) is 11.5 Å². The second-order valence-corrected chi connectivity index (χ2v) is 6.27. The van der Waals surface area contributed by atoms with Crippen molar-refractivity contribution in [2.24, 2.45) is 5.73 Å². The first kappa shape index (κ1) is 16.0. The first-order chi connectivity index (χ1) is 10.1. The molecule has 0 aromatic heterocycles. The number of benzene rings is 1. The van der Waals surface area contributed by atoms with E-state index in [2.05, 4.69) is 0 Å². The molecule has 0 spiro atoms. The van der Waals surface area contributed by atoms with E-state index in [0.717, 1.165) is 29.9 Å². The van der Waals surface area contributed by atoms with Gasteiger partial charge in [-0.2, -0.15) is 11.8 Å². The van der Waals surface area contributed by atoms with Crippen molar-refractivity contribution in [3.05, 3.63) is 23.8 Å². The minimum Gasteiger partial charge on any atom is -0.493 e. The largest absolute Gasteiger partial charge is 0.493 e. The molecule has 1 aromatic carbocycles. The molecule has 1 saturated heterocycles. The first-order valence-electron chi connectivity index (χ1n) is 7.00. The van der Waals surface area contributed by atoms with Gasteiger partial charge < -0.3 is 20.3 Å². The summed E-state index contributed by atoms with van der Waals surface area (Å²) in [5, 5.41) is 8.84. The molecule has 1 aromatic rings. The van der Waals surface area contributed by atoms with Gasteiger partial charge in [-0.1, -0.05) is 6.07 Å². The highest BCUT2D eigenvalue weighted by atomic mass is 32.2. The Labute approximate surface area is 128 Å². The van der Waals surface area contributed by atoms with Gasteiger partial charge in [0.05, 0.1) is 13.5 Å². The van der Waals surface area contributed by atoms with E-state index >= 15 is 0 Å². The quantitative estimate of drug-likeness (QED) is 0.840. The summed E-state index contributed by atoms with van der Waals surface area (Å²) in [4.78, 5) is 10.8. The van der Waals surface area contributed by atoms with Gasteiger partial charge in [-0.3, -0.25) is 4.79 Å². The summed E-state index contributed by atoms with van der Waals surface area (Å²) in [6.45, 7) is 0. The van der Waals surface area contributed by atoms with Crippen LogP contribution >= 0.6 is 11.8 Å². The van der Waals surface area contributed by atoms with E-state index in [-0.39, 0.29) is 12.5 Å². The van der Waals surface area contributed by atoms with Crippen LogP contribution in [0, 0.1) is 0 Å². The van der Waals surface area contributed by atoms with Crippen molar-refractivity contribution < 1.29 is 19.4 Å². The maximum atomic E-state index is 10.8. The van der Waals surface area contributed by atoms with Crippen LogP contribution in [-0.2, 0) is 4.79 Å². The monoisotopic (exact) mass is 311 g/mol. The zero-order valence-corrected chi connectivity index (χ0v) is 12.9. The molecular weight excluding hydrogens is 290 g/mol. The number of rotatable bonds is 6. The Kier molecular flexibility index (Phi) is 5.76. The second kappa shape index (κ2) is 7.56. The molecule has 6 heteroatoms. The van der Waals surface area contributed by atoms with Crippen molar-refractivity contribution in [1.29, 1.82) is 0 Å². The molecule has 0 aliphatic carbocycles. The predicted octanol–water partition coefficient (Wildman–Crippen LogP) is 2.44. The minimum atomic E-state index is -0.912. The Balaban J connectivity index is 2.14. The van der Waals surface area contributed by atoms with Crippen molar-refractivity contribution in [2.75, 3.05) is 18.6 Å². The topological polar surface area (TPSA) is 81.8 Å². The Morgan fingerprint density at radius 1 is 1.43 bits per heavy atom. The molecule has 1 aliphatic rings. The number of carboxylic acid groups (broad SMARTS) is 1. The van der Waals surface area contributed by atoms with Crippen molar-refractivity contribution in [3.8, 4) is 11.5 Å². The fourth-order valence-corrected chi connectivity index (χ4v) is 3.36. The number of aliphatic carboxylic acids is 1. The second-order valence-electron chi connectivity index (χ2n) is 5.04. The first-order valence-corrected chi connectivity index (χ1v) is 8.15. The predicted molar refractivity (Wildman–Crippen MR) is 83.2 cm³/mol. The summed E-state index contributed by atoms with van der Waals surface area (Å²) in [6.07, 6.45) is 2.11. The van der Waals surface area contributed by atoms with Gasteiger partial charge in [0.1, 0.15) is 6.10 Å². The van der Waals surface area contributed by atoms with Gasteiger partial charge in [-0.25, -0.2) is 0 Å². The molecule has 1 aliphatic heterocycles. The molecule has 2 rings (SSSR count). The van der Waals surface area contributed by atoms with Crippen LogP contribution in [-0.4, -0.2) is 35.8 Å². The fraction of sp³-hybridized carbons (Fsp3) is 0.533. The van der Waals surface area contributed by atoms with Crippen molar-refractivity contribution in [3.63, 3.8) is 0 Å². The van der Waals surface area contributed by atoms with E-state index in [4.69, 9.17) is 20.3 Å². The highest BCUT2D eigenvalue weighted by Gasteiger charge is 2.19.